The molecule has 0 spiro atoms. The Morgan fingerprint density at radius 3 is 2.85 bits per heavy atom. The maximum atomic E-state index is 5.30. The van der Waals surface area contributed by atoms with Gasteiger partial charge in [-0.25, -0.2) is 4.98 Å². The van der Waals surface area contributed by atoms with E-state index in [2.05, 4.69) is 36.8 Å². The minimum Gasteiger partial charge on any atom is -0.478 e. The fourth-order valence-electron chi connectivity index (χ4n) is 0.957. The molecule has 0 atom stereocenters. The van der Waals surface area contributed by atoms with Crippen molar-refractivity contribution in [2.24, 2.45) is 0 Å². The Labute approximate surface area is 95.0 Å². The molecule has 1 rings (SSSR count). The van der Waals surface area contributed by atoms with Gasteiger partial charge in [-0.05, 0) is 28.9 Å². The summed E-state index contributed by atoms with van der Waals surface area (Å²) in [5.41, 5.74) is 1.03. The van der Waals surface area contributed by atoms with Gasteiger partial charge in [0.2, 0.25) is 5.88 Å². The molecule has 0 aliphatic carbocycles. The molecular formula is C9H11Br2NO. The Hall–Kier alpha value is -0.0900. The van der Waals surface area contributed by atoms with Crippen LogP contribution in [0, 0.1) is 0 Å². The molecule has 0 saturated heterocycles. The summed E-state index contributed by atoms with van der Waals surface area (Å²) in [6.07, 6.45) is 0.904. The molecule has 0 radical (unpaired) electrons. The summed E-state index contributed by atoms with van der Waals surface area (Å²) in [5, 5.41) is 0.911. The van der Waals surface area contributed by atoms with Crippen molar-refractivity contribution in [3.05, 3.63) is 22.3 Å². The minimum absolute atomic E-state index is 0.655. The monoisotopic (exact) mass is 307 g/mol. The molecular weight excluding hydrogens is 298 g/mol. The van der Waals surface area contributed by atoms with Crippen LogP contribution in [-0.4, -0.2) is 16.9 Å². The van der Waals surface area contributed by atoms with E-state index < -0.39 is 0 Å². The highest BCUT2D eigenvalue weighted by Gasteiger charge is 2.02. The standard InChI is InChI=1S/C9H11Br2NO/c1-2-13-9-4-3-7(11)8(12-9)5-6-10/h3-4H,2,5-6H2,1H3. The second kappa shape index (κ2) is 5.60. The molecule has 1 aromatic rings. The number of aromatic nitrogens is 1. The van der Waals surface area contributed by atoms with Crippen molar-refractivity contribution in [3.63, 3.8) is 0 Å². The van der Waals surface area contributed by atoms with E-state index in [0.29, 0.717) is 12.5 Å². The third-order valence-corrected chi connectivity index (χ3v) is 2.64. The van der Waals surface area contributed by atoms with E-state index in [-0.39, 0.29) is 0 Å². The predicted molar refractivity (Wildman–Crippen MR) is 60.6 cm³/mol. The first kappa shape index (κ1) is 11.0. The molecule has 0 fully saturated rings. The van der Waals surface area contributed by atoms with Gasteiger partial charge in [0.05, 0.1) is 12.3 Å². The number of pyridine rings is 1. The van der Waals surface area contributed by atoms with Gasteiger partial charge < -0.3 is 4.74 Å². The molecule has 1 aromatic heterocycles. The highest BCUT2D eigenvalue weighted by Crippen LogP contribution is 2.19. The fourth-order valence-corrected chi connectivity index (χ4v) is 1.75. The second-order valence-electron chi connectivity index (χ2n) is 2.45. The highest BCUT2D eigenvalue weighted by molar-refractivity contribution is 9.10. The SMILES string of the molecule is CCOc1ccc(Br)c(CCBr)n1. The Balaban J connectivity index is 2.83. The maximum absolute atomic E-state index is 5.30. The molecule has 0 saturated carbocycles. The summed E-state index contributed by atoms with van der Waals surface area (Å²) in [4.78, 5) is 4.35. The van der Waals surface area contributed by atoms with E-state index in [0.717, 1.165) is 21.9 Å². The summed E-state index contributed by atoms with van der Waals surface area (Å²) in [5.74, 6) is 0.696. The zero-order valence-corrected chi connectivity index (χ0v) is 10.6. The third kappa shape index (κ3) is 3.27. The first-order valence-corrected chi connectivity index (χ1v) is 6.03. The van der Waals surface area contributed by atoms with Crippen molar-refractivity contribution in [1.29, 1.82) is 0 Å². The lowest BCUT2D eigenvalue weighted by Crippen LogP contribution is -1.98. The van der Waals surface area contributed by atoms with Gasteiger partial charge in [-0.15, -0.1) is 0 Å². The van der Waals surface area contributed by atoms with E-state index in [9.17, 15) is 0 Å². The van der Waals surface area contributed by atoms with Gasteiger partial charge in [0.15, 0.2) is 0 Å². The van der Waals surface area contributed by atoms with Crippen LogP contribution in [0.4, 0.5) is 0 Å². The predicted octanol–water partition coefficient (Wildman–Crippen LogP) is 3.18. The lowest BCUT2D eigenvalue weighted by molar-refractivity contribution is 0.326. The maximum Gasteiger partial charge on any atom is 0.213 e. The molecule has 0 bridgehead atoms. The van der Waals surface area contributed by atoms with E-state index in [1.54, 1.807) is 0 Å². The lowest BCUT2D eigenvalue weighted by atomic mass is 10.3. The quantitative estimate of drug-likeness (QED) is 0.797. The van der Waals surface area contributed by atoms with Crippen LogP contribution in [0.15, 0.2) is 16.6 Å². The number of aryl methyl sites for hydroxylation is 1. The average Bonchev–Trinajstić information content (AvgIpc) is 2.12. The average molecular weight is 309 g/mol. The molecule has 72 valence electrons. The first-order valence-electron chi connectivity index (χ1n) is 4.12. The molecule has 0 aliphatic heterocycles. The van der Waals surface area contributed by atoms with E-state index in [1.807, 2.05) is 19.1 Å². The van der Waals surface area contributed by atoms with Crippen LogP contribution in [-0.2, 0) is 6.42 Å². The number of alkyl halides is 1. The van der Waals surface area contributed by atoms with Crippen molar-refractivity contribution >= 4 is 31.9 Å². The van der Waals surface area contributed by atoms with Gasteiger partial charge in [-0.2, -0.15) is 0 Å². The van der Waals surface area contributed by atoms with Gasteiger partial charge in [-0.1, -0.05) is 15.9 Å². The molecule has 0 aliphatic rings. The number of hydrogen-bond acceptors (Lipinski definition) is 2. The number of ether oxygens (including phenoxy) is 1. The summed E-state index contributed by atoms with van der Waals surface area (Å²) in [7, 11) is 0. The normalized spacial score (nSPS) is 10.1. The van der Waals surface area contributed by atoms with Crippen LogP contribution in [0.1, 0.15) is 12.6 Å². The van der Waals surface area contributed by atoms with E-state index >= 15 is 0 Å². The Morgan fingerprint density at radius 1 is 1.46 bits per heavy atom. The van der Waals surface area contributed by atoms with E-state index in [1.165, 1.54) is 0 Å². The molecule has 0 amide bonds. The topological polar surface area (TPSA) is 22.1 Å². The van der Waals surface area contributed by atoms with Crippen LogP contribution in [0.5, 0.6) is 5.88 Å². The fraction of sp³-hybridized carbons (Fsp3) is 0.444. The summed E-state index contributed by atoms with van der Waals surface area (Å²) in [6.45, 7) is 2.61. The Morgan fingerprint density at radius 2 is 2.23 bits per heavy atom. The first-order chi connectivity index (χ1) is 6.27. The smallest absolute Gasteiger partial charge is 0.213 e. The zero-order valence-electron chi connectivity index (χ0n) is 7.39. The van der Waals surface area contributed by atoms with Crippen LogP contribution < -0.4 is 4.74 Å². The molecule has 1 heterocycles. The largest absolute Gasteiger partial charge is 0.478 e. The van der Waals surface area contributed by atoms with E-state index in [4.69, 9.17) is 4.74 Å². The summed E-state index contributed by atoms with van der Waals surface area (Å²) in [6, 6.07) is 3.83. The van der Waals surface area contributed by atoms with Crippen LogP contribution in [0.2, 0.25) is 0 Å². The van der Waals surface area contributed by atoms with Crippen molar-refractivity contribution < 1.29 is 4.74 Å². The van der Waals surface area contributed by atoms with Crippen molar-refractivity contribution in [1.82, 2.24) is 4.98 Å². The van der Waals surface area contributed by atoms with Gasteiger partial charge in [-0.3, -0.25) is 0 Å². The molecule has 4 heteroatoms. The Bertz CT molecular complexity index is 278. The molecule has 0 N–H and O–H groups in total. The van der Waals surface area contributed by atoms with Gasteiger partial charge in [0, 0.05) is 22.3 Å². The van der Waals surface area contributed by atoms with Crippen LogP contribution in [0.25, 0.3) is 0 Å². The molecule has 0 unspecified atom stereocenters. The van der Waals surface area contributed by atoms with Crippen molar-refractivity contribution in [3.8, 4) is 5.88 Å². The summed E-state index contributed by atoms with van der Waals surface area (Å²) < 4.78 is 6.34. The number of halogens is 2. The lowest BCUT2D eigenvalue weighted by Gasteiger charge is -2.05. The minimum atomic E-state index is 0.655. The molecule has 0 aromatic carbocycles. The van der Waals surface area contributed by atoms with Crippen molar-refractivity contribution in [2.75, 3.05) is 11.9 Å². The van der Waals surface area contributed by atoms with Gasteiger partial charge in [0.1, 0.15) is 0 Å². The number of nitrogens with zero attached hydrogens (tertiary/aromatic N) is 1. The summed E-state index contributed by atoms with van der Waals surface area (Å²) >= 11 is 6.83. The third-order valence-electron chi connectivity index (χ3n) is 1.52. The Kier molecular flexibility index (Phi) is 4.73. The van der Waals surface area contributed by atoms with Crippen molar-refractivity contribution in [2.45, 2.75) is 13.3 Å². The molecule has 2 nitrogen and oxygen atoms in total. The number of hydrogen-bond donors (Lipinski definition) is 0. The second-order valence-corrected chi connectivity index (χ2v) is 4.10. The van der Waals surface area contributed by atoms with Crippen LogP contribution in [0.3, 0.4) is 0 Å². The number of rotatable bonds is 4. The van der Waals surface area contributed by atoms with Crippen LogP contribution >= 0.6 is 31.9 Å². The highest BCUT2D eigenvalue weighted by atomic mass is 79.9. The van der Waals surface area contributed by atoms with Gasteiger partial charge >= 0.3 is 0 Å². The van der Waals surface area contributed by atoms with Gasteiger partial charge in [0.25, 0.3) is 0 Å². The molecule has 13 heavy (non-hydrogen) atoms. The zero-order chi connectivity index (χ0) is 9.68.